The van der Waals surface area contributed by atoms with Crippen LogP contribution in [0.15, 0.2) is 6.07 Å². The van der Waals surface area contributed by atoms with E-state index in [0.717, 1.165) is 32.5 Å². The van der Waals surface area contributed by atoms with Crippen LogP contribution in [-0.4, -0.2) is 35.4 Å². The monoisotopic (exact) mass is 266 g/mol. The molecular formula is C14H22N2O3. The van der Waals surface area contributed by atoms with Gasteiger partial charge in [0.15, 0.2) is 5.78 Å². The third-order valence-corrected chi connectivity index (χ3v) is 3.38. The van der Waals surface area contributed by atoms with Crippen LogP contribution in [0.1, 0.15) is 43.1 Å². The third kappa shape index (κ3) is 3.80. The van der Waals surface area contributed by atoms with Crippen molar-refractivity contribution in [1.82, 2.24) is 9.78 Å². The Morgan fingerprint density at radius 1 is 1.63 bits per heavy atom. The molecule has 1 unspecified atom stereocenters. The maximum Gasteiger partial charge on any atom is 0.212 e. The van der Waals surface area contributed by atoms with E-state index in [0.29, 0.717) is 30.5 Å². The number of carbonyl (C=O) groups is 1. The number of ether oxygens (including phenoxy) is 2. The molecule has 0 aromatic carbocycles. The number of hydrogen-bond donors (Lipinski definition) is 0. The highest BCUT2D eigenvalue weighted by molar-refractivity contribution is 5.94. The van der Waals surface area contributed by atoms with E-state index in [1.807, 2.05) is 6.92 Å². The van der Waals surface area contributed by atoms with Crippen molar-refractivity contribution < 1.29 is 14.3 Å². The fourth-order valence-corrected chi connectivity index (χ4v) is 2.20. The molecule has 1 aliphatic heterocycles. The highest BCUT2D eigenvalue weighted by Gasteiger charge is 2.19. The average Bonchev–Trinajstić information content (AvgIpc) is 3.03. The van der Waals surface area contributed by atoms with Gasteiger partial charge in [-0.25, -0.2) is 4.68 Å². The number of Topliss-reactive ketones (excluding diaryl/α,β-unsaturated/α-hetero) is 1. The summed E-state index contributed by atoms with van der Waals surface area (Å²) in [5.41, 5.74) is 0.507. The summed E-state index contributed by atoms with van der Waals surface area (Å²) in [5, 5.41) is 4.22. The summed E-state index contributed by atoms with van der Waals surface area (Å²) in [5.74, 6) is 1.28. The minimum Gasteiger partial charge on any atom is -0.478 e. The van der Waals surface area contributed by atoms with Crippen molar-refractivity contribution in [2.45, 2.75) is 32.6 Å². The van der Waals surface area contributed by atoms with Crippen LogP contribution < -0.4 is 4.74 Å². The lowest BCUT2D eigenvalue weighted by Gasteiger charge is -2.04. The summed E-state index contributed by atoms with van der Waals surface area (Å²) in [4.78, 5) is 12.1. The van der Waals surface area contributed by atoms with E-state index in [2.05, 4.69) is 5.10 Å². The second kappa shape index (κ2) is 6.70. The third-order valence-electron chi connectivity index (χ3n) is 3.38. The first kappa shape index (κ1) is 14.1. The Balaban J connectivity index is 1.87. The van der Waals surface area contributed by atoms with Crippen LogP contribution in [0.3, 0.4) is 0 Å². The first-order valence-electron chi connectivity index (χ1n) is 6.98. The molecule has 0 saturated carbocycles. The van der Waals surface area contributed by atoms with Gasteiger partial charge in [-0.3, -0.25) is 4.79 Å². The smallest absolute Gasteiger partial charge is 0.212 e. The average molecular weight is 266 g/mol. The summed E-state index contributed by atoms with van der Waals surface area (Å²) in [6, 6.07) is 1.74. The van der Waals surface area contributed by atoms with E-state index in [1.165, 1.54) is 0 Å². The molecule has 1 atom stereocenters. The molecule has 0 N–H and O–H groups in total. The lowest BCUT2D eigenvalue weighted by atomic mass is 10.0. The molecule has 0 spiro atoms. The van der Waals surface area contributed by atoms with Crippen molar-refractivity contribution in [1.29, 1.82) is 0 Å². The molecule has 5 nitrogen and oxygen atoms in total. The van der Waals surface area contributed by atoms with Crippen LogP contribution in [0, 0.1) is 5.92 Å². The summed E-state index contributed by atoms with van der Waals surface area (Å²) >= 11 is 0. The van der Waals surface area contributed by atoms with Crippen molar-refractivity contribution in [2.75, 3.05) is 19.8 Å². The van der Waals surface area contributed by atoms with Crippen molar-refractivity contribution in [3.8, 4) is 5.88 Å². The van der Waals surface area contributed by atoms with Gasteiger partial charge in [0.25, 0.3) is 0 Å². The molecule has 1 aromatic rings. The normalized spacial score (nSPS) is 18.7. The highest BCUT2D eigenvalue weighted by Crippen LogP contribution is 2.20. The van der Waals surface area contributed by atoms with Crippen molar-refractivity contribution >= 4 is 5.78 Å². The standard InChI is InChI=1S/C14H22N2O3/c1-3-7-19-14-9-12(15-16(14)2)13(17)5-4-11-6-8-18-10-11/h9,11H,3-8,10H2,1-2H3. The number of ketones is 1. The lowest BCUT2D eigenvalue weighted by Crippen LogP contribution is -2.06. The second-order valence-electron chi connectivity index (χ2n) is 5.03. The molecule has 19 heavy (non-hydrogen) atoms. The molecule has 0 amide bonds. The molecule has 0 radical (unpaired) electrons. The van der Waals surface area contributed by atoms with Crippen molar-refractivity contribution in [3.05, 3.63) is 11.8 Å². The zero-order chi connectivity index (χ0) is 13.7. The molecule has 1 fully saturated rings. The Bertz CT molecular complexity index is 422. The molecule has 0 bridgehead atoms. The maximum absolute atomic E-state index is 12.1. The van der Waals surface area contributed by atoms with Crippen molar-refractivity contribution in [2.24, 2.45) is 13.0 Å². The fourth-order valence-electron chi connectivity index (χ4n) is 2.20. The summed E-state index contributed by atoms with van der Waals surface area (Å²) in [6.07, 6.45) is 3.44. The van der Waals surface area contributed by atoms with E-state index < -0.39 is 0 Å². The van der Waals surface area contributed by atoms with E-state index in [-0.39, 0.29) is 5.78 Å². The predicted octanol–water partition coefficient (Wildman–Crippen LogP) is 2.21. The molecular weight excluding hydrogens is 244 g/mol. The van der Waals surface area contributed by atoms with E-state index in [4.69, 9.17) is 9.47 Å². The predicted molar refractivity (Wildman–Crippen MR) is 71.5 cm³/mol. The molecule has 2 heterocycles. The molecule has 1 aromatic heterocycles. The Morgan fingerprint density at radius 2 is 2.47 bits per heavy atom. The maximum atomic E-state index is 12.1. The quantitative estimate of drug-likeness (QED) is 0.710. The molecule has 1 saturated heterocycles. The summed E-state index contributed by atoms with van der Waals surface area (Å²) < 4.78 is 12.5. The molecule has 2 rings (SSSR count). The number of aryl methyl sites for hydroxylation is 1. The number of aromatic nitrogens is 2. The van der Waals surface area contributed by atoms with Gasteiger partial charge in [-0.15, -0.1) is 0 Å². The summed E-state index contributed by atoms with van der Waals surface area (Å²) in [6.45, 7) is 4.32. The molecule has 5 heteroatoms. The Hall–Kier alpha value is -1.36. The van der Waals surface area contributed by atoms with E-state index >= 15 is 0 Å². The molecule has 106 valence electrons. The van der Waals surface area contributed by atoms with Gasteiger partial charge in [-0.05, 0) is 25.2 Å². The van der Waals surface area contributed by atoms with Gasteiger partial charge in [0, 0.05) is 32.7 Å². The molecule has 0 aliphatic carbocycles. The van der Waals surface area contributed by atoms with Gasteiger partial charge in [-0.1, -0.05) is 6.92 Å². The van der Waals surface area contributed by atoms with Gasteiger partial charge in [0.2, 0.25) is 5.88 Å². The Morgan fingerprint density at radius 3 is 3.16 bits per heavy atom. The lowest BCUT2D eigenvalue weighted by molar-refractivity contribution is 0.0966. The SMILES string of the molecule is CCCOc1cc(C(=O)CCC2CCOC2)nn1C. The van der Waals surface area contributed by atoms with Crippen LogP contribution in [0.5, 0.6) is 5.88 Å². The minimum absolute atomic E-state index is 0.0915. The Labute approximate surface area is 113 Å². The summed E-state index contributed by atoms with van der Waals surface area (Å²) in [7, 11) is 1.80. The highest BCUT2D eigenvalue weighted by atomic mass is 16.5. The van der Waals surface area contributed by atoms with Gasteiger partial charge >= 0.3 is 0 Å². The van der Waals surface area contributed by atoms with Crippen LogP contribution in [0.2, 0.25) is 0 Å². The minimum atomic E-state index is 0.0915. The van der Waals surface area contributed by atoms with E-state index in [9.17, 15) is 4.79 Å². The first-order valence-corrected chi connectivity index (χ1v) is 6.98. The van der Waals surface area contributed by atoms with E-state index in [1.54, 1.807) is 17.8 Å². The van der Waals surface area contributed by atoms with Gasteiger partial charge in [-0.2, -0.15) is 5.10 Å². The van der Waals surface area contributed by atoms with Crippen molar-refractivity contribution in [3.63, 3.8) is 0 Å². The van der Waals surface area contributed by atoms with Crippen LogP contribution in [0.4, 0.5) is 0 Å². The number of hydrogen-bond acceptors (Lipinski definition) is 4. The number of carbonyl (C=O) groups excluding carboxylic acids is 1. The zero-order valence-electron chi connectivity index (χ0n) is 11.7. The fraction of sp³-hybridized carbons (Fsp3) is 0.714. The van der Waals surface area contributed by atoms with Crippen LogP contribution in [0.25, 0.3) is 0 Å². The largest absolute Gasteiger partial charge is 0.478 e. The van der Waals surface area contributed by atoms with Gasteiger partial charge < -0.3 is 9.47 Å². The van der Waals surface area contributed by atoms with Crippen LogP contribution >= 0.6 is 0 Å². The number of nitrogens with zero attached hydrogens (tertiary/aromatic N) is 2. The van der Waals surface area contributed by atoms with Gasteiger partial charge in [0.1, 0.15) is 5.69 Å². The van der Waals surface area contributed by atoms with Gasteiger partial charge in [0.05, 0.1) is 6.61 Å². The molecule has 1 aliphatic rings. The zero-order valence-corrected chi connectivity index (χ0v) is 11.7. The topological polar surface area (TPSA) is 53.4 Å². The Kier molecular flexibility index (Phi) is 4.96. The second-order valence-corrected chi connectivity index (χ2v) is 5.03. The first-order chi connectivity index (χ1) is 9.20. The number of rotatable bonds is 7. The van der Waals surface area contributed by atoms with Crippen LogP contribution in [-0.2, 0) is 11.8 Å².